The second-order valence-electron chi connectivity index (χ2n) is 17.8. The lowest BCUT2D eigenvalue weighted by Gasteiger charge is -2.18. The van der Waals surface area contributed by atoms with Gasteiger partial charge in [0.1, 0.15) is 13.2 Å². The summed E-state index contributed by atoms with van der Waals surface area (Å²) in [5, 5.41) is 0. The predicted octanol–water partition coefficient (Wildman–Crippen LogP) is 18.0. The Hall–Kier alpha value is -3.41. The largest absolute Gasteiger partial charge is 0.462 e. The number of hydrogen-bond donors (Lipinski definition) is 0. The second kappa shape index (κ2) is 53.2. The van der Waals surface area contributed by atoms with E-state index in [1.54, 1.807) is 0 Å². The van der Waals surface area contributed by atoms with E-state index in [1.165, 1.54) is 96.3 Å². The third-order valence-corrected chi connectivity index (χ3v) is 11.4. The average Bonchev–Trinajstić information content (AvgIpc) is 3.30. The third kappa shape index (κ3) is 51.4. The van der Waals surface area contributed by atoms with Crippen molar-refractivity contribution in [1.29, 1.82) is 0 Å². The Balaban J connectivity index is 4.37. The van der Waals surface area contributed by atoms with Crippen molar-refractivity contribution in [2.45, 2.75) is 258 Å². The Labute approximate surface area is 401 Å². The molecule has 0 aromatic heterocycles. The summed E-state index contributed by atoms with van der Waals surface area (Å²) < 4.78 is 16.8. The van der Waals surface area contributed by atoms with Crippen LogP contribution in [0.25, 0.3) is 0 Å². The lowest BCUT2D eigenvalue weighted by molar-refractivity contribution is -0.167. The smallest absolute Gasteiger partial charge is 0.306 e. The number of esters is 3. The van der Waals surface area contributed by atoms with E-state index < -0.39 is 6.10 Å². The van der Waals surface area contributed by atoms with Crippen LogP contribution in [0.15, 0.2) is 85.1 Å². The van der Waals surface area contributed by atoms with Crippen LogP contribution < -0.4 is 0 Å². The number of rotatable bonds is 48. The van der Waals surface area contributed by atoms with Gasteiger partial charge < -0.3 is 14.2 Å². The minimum atomic E-state index is -0.788. The average molecular weight is 905 g/mol. The van der Waals surface area contributed by atoms with Gasteiger partial charge in [-0.3, -0.25) is 14.4 Å². The minimum absolute atomic E-state index is 0.0879. The van der Waals surface area contributed by atoms with Crippen LogP contribution in [0.5, 0.6) is 0 Å². The van der Waals surface area contributed by atoms with Crippen LogP contribution in [0.2, 0.25) is 0 Å². The highest BCUT2D eigenvalue weighted by Crippen LogP contribution is 2.15. The fraction of sp³-hybridized carbons (Fsp3) is 0.712. The molecule has 0 aliphatic carbocycles. The van der Waals surface area contributed by atoms with Gasteiger partial charge in [-0.15, -0.1) is 0 Å². The van der Waals surface area contributed by atoms with Crippen molar-refractivity contribution in [2.75, 3.05) is 13.2 Å². The fourth-order valence-electron chi connectivity index (χ4n) is 7.31. The van der Waals surface area contributed by atoms with Crippen LogP contribution in [0.3, 0.4) is 0 Å². The molecule has 0 aromatic rings. The number of carbonyl (C=O) groups excluding carboxylic acids is 3. The minimum Gasteiger partial charge on any atom is -0.462 e. The number of hydrogen-bond acceptors (Lipinski definition) is 6. The molecule has 0 amide bonds. The number of carbonyl (C=O) groups is 3. The Morgan fingerprint density at radius 2 is 0.615 bits per heavy atom. The molecule has 65 heavy (non-hydrogen) atoms. The van der Waals surface area contributed by atoms with E-state index in [0.29, 0.717) is 19.3 Å². The Morgan fingerprint density at radius 3 is 1.00 bits per heavy atom. The van der Waals surface area contributed by atoms with Crippen LogP contribution in [0.1, 0.15) is 252 Å². The van der Waals surface area contributed by atoms with Crippen molar-refractivity contribution in [1.82, 2.24) is 0 Å². The van der Waals surface area contributed by atoms with E-state index in [1.807, 2.05) is 0 Å². The summed E-state index contributed by atoms with van der Waals surface area (Å²) >= 11 is 0. The molecule has 0 heterocycles. The van der Waals surface area contributed by atoms with Crippen LogP contribution in [0, 0.1) is 0 Å². The fourth-order valence-corrected chi connectivity index (χ4v) is 7.31. The van der Waals surface area contributed by atoms with Crippen molar-refractivity contribution in [3.05, 3.63) is 85.1 Å². The zero-order valence-corrected chi connectivity index (χ0v) is 42.5. The summed E-state index contributed by atoms with van der Waals surface area (Å²) in [6.07, 6.45) is 68.5. The molecule has 0 aliphatic rings. The van der Waals surface area contributed by atoms with Gasteiger partial charge in [0.15, 0.2) is 6.10 Å². The van der Waals surface area contributed by atoms with E-state index in [0.717, 1.165) is 116 Å². The normalized spacial score (nSPS) is 12.7. The van der Waals surface area contributed by atoms with Crippen molar-refractivity contribution < 1.29 is 28.6 Å². The summed E-state index contributed by atoms with van der Waals surface area (Å²) in [6, 6.07) is 0. The number of allylic oxidation sites excluding steroid dienone is 14. The number of ether oxygens (including phenoxy) is 3. The highest BCUT2D eigenvalue weighted by molar-refractivity contribution is 5.71. The summed E-state index contributed by atoms with van der Waals surface area (Å²) in [5.74, 6) is -0.920. The molecule has 0 spiro atoms. The van der Waals surface area contributed by atoms with Gasteiger partial charge in [-0.05, 0) is 89.9 Å². The standard InChI is InChI=1S/C59H100O6/c1-4-7-10-13-16-19-22-24-25-26-27-28-29-30-31-32-33-35-37-40-43-46-49-52-58(61)64-55-56(54-63-57(60)51-48-45-42-39-36-21-18-15-12-9-6-3)65-59(62)53-50-47-44-41-38-34-23-20-17-14-11-8-5-2/h7,10,15-16,18-19,24-25,27-28,30-31,33,35,56H,4-6,8-9,11-14,17,20-23,26,29,32,34,36-55H2,1-3H3/b10-7-,18-15-,19-16-,25-24-,28-27-,31-30-,35-33-. The van der Waals surface area contributed by atoms with Crippen LogP contribution in [-0.4, -0.2) is 37.2 Å². The van der Waals surface area contributed by atoms with Crippen molar-refractivity contribution in [3.63, 3.8) is 0 Å². The van der Waals surface area contributed by atoms with Crippen molar-refractivity contribution in [2.24, 2.45) is 0 Å². The molecule has 6 nitrogen and oxygen atoms in total. The highest BCUT2D eigenvalue weighted by atomic mass is 16.6. The van der Waals surface area contributed by atoms with Gasteiger partial charge in [0.2, 0.25) is 0 Å². The predicted molar refractivity (Wildman–Crippen MR) is 279 cm³/mol. The maximum atomic E-state index is 12.8. The summed E-state index contributed by atoms with van der Waals surface area (Å²) in [5.41, 5.74) is 0. The van der Waals surface area contributed by atoms with E-state index in [9.17, 15) is 14.4 Å². The summed E-state index contributed by atoms with van der Waals surface area (Å²) in [7, 11) is 0. The SMILES string of the molecule is CC/C=C\C/C=C\C/C=C\C/C=C\C/C=C\C/C=C\CCCCCCC(=O)OCC(COC(=O)CCCCCCC/C=C\CCCC)OC(=O)CCCCCCCCCCCCCCC. The van der Waals surface area contributed by atoms with Crippen molar-refractivity contribution >= 4 is 17.9 Å². The lowest BCUT2D eigenvalue weighted by Crippen LogP contribution is -2.30. The molecule has 0 saturated heterocycles. The van der Waals surface area contributed by atoms with Crippen LogP contribution in [0.4, 0.5) is 0 Å². The first-order valence-corrected chi connectivity index (χ1v) is 27.1. The van der Waals surface area contributed by atoms with Gasteiger partial charge >= 0.3 is 17.9 Å². The van der Waals surface area contributed by atoms with Gasteiger partial charge in [0.25, 0.3) is 0 Å². The monoisotopic (exact) mass is 905 g/mol. The lowest BCUT2D eigenvalue weighted by atomic mass is 10.0. The summed E-state index contributed by atoms with van der Waals surface area (Å²) in [6.45, 7) is 6.46. The van der Waals surface area contributed by atoms with E-state index in [4.69, 9.17) is 14.2 Å². The Kier molecular flexibility index (Phi) is 50.4. The number of unbranched alkanes of at least 4 members (excludes halogenated alkanes) is 23. The van der Waals surface area contributed by atoms with E-state index in [2.05, 4.69) is 106 Å². The zero-order chi connectivity index (χ0) is 47.2. The quantitative estimate of drug-likeness (QED) is 0.0262. The van der Waals surface area contributed by atoms with Crippen LogP contribution in [-0.2, 0) is 28.6 Å². The molecule has 1 unspecified atom stereocenters. The molecular formula is C59H100O6. The molecule has 6 heteroatoms. The maximum Gasteiger partial charge on any atom is 0.306 e. The molecule has 1 atom stereocenters. The Bertz CT molecular complexity index is 1270. The Morgan fingerprint density at radius 1 is 0.323 bits per heavy atom. The van der Waals surface area contributed by atoms with Gasteiger partial charge in [-0.25, -0.2) is 0 Å². The summed E-state index contributed by atoms with van der Waals surface area (Å²) in [4.78, 5) is 38.0. The van der Waals surface area contributed by atoms with Gasteiger partial charge in [-0.2, -0.15) is 0 Å². The first-order valence-electron chi connectivity index (χ1n) is 27.1. The molecule has 0 aliphatic heterocycles. The molecule has 0 aromatic carbocycles. The van der Waals surface area contributed by atoms with Gasteiger partial charge in [-0.1, -0.05) is 228 Å². The molecule has 0 fully saturated rings. The first-order chi connectivity index (χ1) is 32.0. The highest BCUT2D eigenvalue weighted by Gasteiger charge is 2.19. The zero-order valence-electron chi connectivity index (χ0n) is 42.5. The molecule has 0 rings (SSSR count). The van der Waals surface area contributed by atoms with Gasteiger partial charge in [0.05, 0.1) is 0 Å². The van der Waals surface area contributed by atoms with E-state index >= 15 is 0 Å². The van der Waals surface area contributed by atoms with Crippen molar-refractivity contribution in [3.8, 4) is 0 Å². The van der Waals surface area contributed by atoms with Crippen LogP contribution >= 0.6 is 0 Å². The first kappa shape index (κ1) is 61.6. The maximum absolute atomic E-state index is 12.8. The van der Waals surface area contributed by atoms with E-state index in [-0.39, 0.29) is 31.1 Å². The molecule has 372 valence electrons. The third-order valence-electron chi connectivity index (χ3n) is 11.4. The molecule has 0 N–H and O–H groups in total. The molecule has 0 radical (unpaired) electrons. The second-order valence-corrected chi connectivity index (χ2v) is 17.8. The topological polar surface area (TPSA) is 78.9 Å². The molecular weight excluding hydrogens is 805 g/mol. The molecule has 0 saturated carbocycles. The van der Waals surface area contributed by atoms with Gasteiger partial charge in [0, 0.05) is 19.3 Å². The molecule has 0 bridgehead atoms.